The van der Waals surface area contributed by atoms with Crippen molar-refractivity contribution in [3.8, 4) is 0 Å². The van der Waals surface area contributed by atoms with Gasteiger partial charge in [0, 0.05) is 23.7 Å². The van der Waals surface area contributed by atoms with Gasteiger partial charge < -0.3 is 4.90 Å². The maximum atomic E-state index is 14.1. The molecule has 2 aromatic rings. The lowest BCUT2D eigenvalue weighted by Gasteiger charge is -2.35. The van der Waals surface area contributed by atoms with E-state index in [-0.39, 0.29) is 18.1 Å². The molecule has 4 heterocycles. The number of amides is 2. The summed E-state index contributed by atoms with van der Waals surface area (Å²) >= 11 is 1.49. The van der Waals surface area contributed by atoms with E-state index in [1.165, 1.54) is 36.8 Å². The van der Waals surface area contributed by atoms with Crippen LogP contribution in [0.2, 0.25) is 0 Å². The van der Waals surface area contributed by atoms with Crippen LogP contribution in [-0.2, 0) is 6.42 Å². The van der Waals surface area contributed by atoms with E-state index in [4.69, 9.17) is 0 Å². The summed E-state index contributed by atoms with van der Waals surface area (Å²) < 4.78 is 14.1. The molecule has 142 valence electrons. The highest BCUT2D eigenvalue weighted by atomic mass is 32.1. The Balaban J connectivity index is 1.33. The molecule has 1 saturated carbocycles. The Kier molecular flexibility index (Phi) is 4.30. The monoisotopic (exact) mass is 387 g/mol. The smallest absolute Gasteiger partial charge is 0.314 e. The molecule has 1 saturated heterocycles. The zero-order valence-electron chi connectivity index (χ0n) is 15.0. The molecule has 5 rings (SSSR count). The molecule has 2 aliphatic heterocycles. The number of hydrogen-bond donors (Lipinski definition) is 1. The van der Waals surface area contributed by atoms with Crippen molar-refractivity contribution in [3.63, 3.8) is 0 Å². The van der Waals surface area contributed by atoms with E-state index in [1.54, 1.807) is 0 Å². The van der Waals surface area contributed by atoms with Crippen LogP contribution in [0.1, 0.15) is 73.0 Å². The minimum Gasteiger partial charge on any atom is -0.314 e. The van der Waals surface area contributed by atoms with Crippen molar-refractivity contribution in [3.05, 3.63) is 34.3 Å². The summed E-state index contributed by atoms with van der Waals surface area (Å²) in [6, 6.07) is 1.63. The summed E-state index contributed by atoms with van der Waals surface area (Å²) in [6.45, 7) is 0. The molecular weight excluding hydrogens is 365 g/mol. The zero-order chi connectivity index (χ0) is 18.4. The number of fused-ring (bicyclic) bond motifs is 4. The lowest BCUT2D eigenvalue weighted by Crippen LogP contribution is -2.44. The SMILES string of the molecule is O=C(Nc1nnc(C2CCCCC2)s1)N1C2CC[C@H]1Cc1c2ccnc1F. The number of rotatable bonds is 2. The molecule has 0 aromatic carbocycles. The number of hydrogen-bond acceptors (Lipinski definition) is 5. The van der Waals surface area contributed by atoms with Gasteiger partial charge >= 0.3 is 6.03 Å². The number of aromatic nitrogens is 3. The van der Waals surface area contributed by atoms with E-state index in [9.17, 15) is 9.18 Å². The van der Waals surface area contributed by atoms with Crippen LogP contribution in [0, 0.1) is 5.95 Å². The van der Waals surface area contributed by atoms with E-state index in [0.29, 0.717) is 23.0 Å². The summed E-state index contributed by atoms with van der Waals surface area (Å²) in [5.41, 5.74) is 1.57. The minimum absolute atomic E-state index is 0.0203. The maximum Gasteiger partial charge on any atom is 0.324 e. The predicted octanol–water partition coefficient (Wildman–Crippen LogP) is 4.41. The van der Waals surface area contributed by atoms with Crippen molar-refractivity contribution in [1.82, 2.24) is 20.1 Å². The van der Waals surface area contributed by atoms with E-state index in [1.807, 2.05) is 11.0 Å². The highest BCUT2D eigenvalue weighted by Gasteiger charge is 2.43. The number of urea groups is 1. The summed E-state index contributed by atoms with van der Waals surface area (Å²) in [5, 5.41) is 13.0. The van der Waals surface area contributed by atoms with Gasteiger partial charge in [-0.2, -0.15) is 4.39 Å². The number of anilines is 1. The topological polar surface area (TPSA) is 71.0 Å². The number of carbonyl (C=O) groups excluding carboxylic acids is 1. The van der Waals surface area contributed by atoms with Gasteiger partial charge in [0.2, 0.25) is 11.1 Å². The van der Waals surface area contributed by atoms with Gasteiger partial charge in [0.15, 0.2) is 0 Å². The first-order chi connectivity index (χ1) is 13.2. The predicted molar refractivity (Wildman–Crippen MR) is 100 cm³/mol. The summed E-state index contributed by atoms with van der Waals surface area (Å²) in [7, 11) is 0. The molecule has 2 amide bonds. The van der Waals surface area contributed by atoms with Crippen LogP contribution in [0.5, 0.6) is 0 Å². The van der Waals surface area contributed by atoms with Crippen LogP contribution in [-0.4, -0.2) is 32.2 Å². The Labute approximate surface area is 161 Å². The fourth-order valence-electron chi connectivity index (χ4n) is 4.88. The van der Waals surface area contributed by atoms with Crippen LogP contribution in [0.3, 0.4) is 0 Å². The Bertz CT molecular complexity index is 866. The molecule has 1 N–H and O–H groups in total. The van der Waals surface area contributed by atoms with Crippen molar-refractivity contribution in [2.24, 2.45) is 0 Å². The normalized spacial score (nSPS) is 24.7. The molecule has 1 aliphatic carbocycles. The summed E-state index contributed by atoms with van der Waals surface area (Å²) in [6.07, 6.45) is 9.88. The van der Waals surface area contributed by atoms with Crippen LogP contribution < -0.4 is 5.32 Å². The fourth-order valence-corrected chi connectivity index (χ4v) is 5.78. The van der Waals surface area contributed by atoms with E-state index in [0.717, 1.165) is 36.3 Å². The molecule has 3 aliphatic rings. The van der Waals surface area contributed by atoms with Gasteiger partial charge in [-0.3, -0.25) is 5.32 Å². The van der Waals surface area contributed by atoms with Gasteiger partial charge in [0.25, 0.3) is 0 Å². The van der Waals surface area contributed by atoms with Crippen molar-refractivity contribution in [2.75, 3.05) is 5.32 Å². The Morgan fingerprint density at radius 3 is 2.89 bits per heavy atom. The standard InChI is InChI=1S/C19H22FN5OS/c20-16-14-10-12-6-7-15(13(14)8-9-21-16)25(12)19(26)22-18-24-23-17(27-18)11-4-2-1-3-5-11/h8-9,11-12,15H,1-7,10H2,(H,22,24,26)/t12-,15?/m0/s1. The van der Waals surface area contributed by atoms with Crippen molar-refractivity contribution in [2.45, 2.75) is 69.4 Å². The number of halogens is 1. The third kappa shape index (κ3) is 2.99. The quantitative estimate of drug-likeness (QED) is 0.775. The van der Waals surface area contributed by atoms with Gasteiger partial charge in [-0.1, -0.05) is 30.6 Å². The highest BCUT2D eigenvalue weighted by molar-refractivity contribution is 7.15. The third-order valence-corrected chi connectivity index (χ3v) is 7.19. The summed E-state index contributed by atoms with van der Waals surface area (Å²) in [4.78, 5) is 18.6. The van der Waals surface area contributed by atoms with Crippen LogP contribution in [0.4, 0.5) is 14.3 Å². The number of nitrogens with zero attached hydrogens (tertiary/aromatic N) is 4. The van der Waals surface area contributed by atoms with Crippen molar-refractivity contribution in [1.29, 1.82) is 0 Å². The van der Waals surface area contributed by atoms with Crippen LogP contribution in [0.15, 0.2) is 12.3 Å². The molecule has 0 radical (unpaired) electrons. The van der Waals surface area contributed by atoms with Gasteiger partial charge in [-0.25, -0.2) is 9.78 Å². The molecule has 1 unspecified atom stereocenters. The van der Waals surface area contributed by atoms with Crippen molar-refractivity contribution >= 4 is 22.5 Å². The second kappa shape index (κ2) is 6.82. The van der Waals surface area contributed by atoms with Crippen LogP contribution >= 0.6 is 11.3 Å². The Hall–Kier alpha value is -2.09. The summed E-state index contributed by atoms with van der Waals surface area (Å²) in [5.74, 6) is 0.0844. The fraction of sp³-hybridized carbons (Fsp3) is 0.579. The first-order valence-corrected chi connectivity index (χ1v) is 10.6. The van der Waals surface area contributed by atoms with Gasteiger partial charge in [-0.05, 0) is 43.7 Å². The molecule has 27 heavy (non-hydrogen) atoms. The first kappa shape index (κ1) is 17.0. The second-order valence-electron chi connectivity index (χ2n) is 7.74. The molecule has 2 aromatic heterocycles. The molecule has 2 atom stereocenters. The van der Waals surface area contributed by atoms with Gasteiger partial charge in [-0.15, -0.1) is 10.2 Å². The third-order valence-electron chi connectivity index (χ3n) is 6.18. The Morgan fingerprint density at radius 2 is 2.04 bits per heavy atom. The minimum atomic E-state index is -0.397. The second-order valence-corrected chi connectivity index (χ2v) is 8.75. The Morgan fingerprint density at radius 1 is 1.19 bits per heavy atom. The van der Waals surface area contributed by atoms with Crippen LogP contribution in [0.25, 0.3) is 0 Å². The molecule has 8 heteroatoms. The lowest BCUT2D eigenvalue weighted by atomic mass is 9.90. The van der Waals surface area contributed by atoms with Gasteiger partial charge in [0.05, 0.1) is 6.04 Å². The largest absolute Gasteiger partial charge is 0.324 e. The average molecular weight is 387 g/mol. The van der Waals surface area contributed by atoms with E-state index < -0.39 is 5.95 Å². The number of carbonyl (C=O) groups is 1. The van der Waals surface area contributed by atoms with E-state index in [2.05, 4.69) is 20.5 Å². The lowest BCUT2D eigenvalue weighted by molar-refractivity contribution is 0.178. The molecule has 2 fully saturated rings. The molecular formula is C19H22FN5OS. The highest BCUT2D eigenvalue weighted by Crippen LogP contribution is 2.44. The van der Waals surface area contributed by atoms with E-state index >= 15 is 0 Å². The van der Waals surface area contributed by atoms with Gasteiger partial charge in [0.1, 0.15) is 5.01 Å². The number of nitrogens with one attached hydrogen (secondary N) is 1. The first-order valence-electron chi connectivity index (χ1n) is 9.76. The average Bonchev–Trinajstić information content (AvgIpc) is 3.27. The number of pyridine rings is 1. The van der Waals surface area contributed by atoms with Crippen molar-refractivity contribution < 1.29 is 9.18 Å². The molecule has 0 spiro atoms. The zero-order valence-corrected chi connectivity index (χ0v) is 15.8. The maximum absolute atomic E-state index is 14.1. The molecule has 6 nitrogen and oxygen atoms in total. The molecule has 2 bridgehead atoms.